The van der Waals surface area contributed by atoms with Crippen molar-refractivity contribution in [1.82, 2.24) is 4.90 Å². The summed E-state index contributed by atoms with van der Waals surface area (Å²) in [5, 5.41) is 11.7. The van der Waals surface area contributed by atoms with Crippen LogP contribution in [0.2, 0.25) is 10.0 Å². The van der Waals surface area contributed by atoms with Crippen LogP contribution in [0, 0.1) is 11.3 Å². The molecular formula is C26H29Cl2NO2. The molecule has 2 aliphatic rings. The van der Waals surface area contributed by atoms with E-state index in [-0.39, 0.29) is 30.5 Å². The third-order valence-corrected chi connectivity index (χ3v) is 7.38. The largest absolute Gasteiger partial charge is 0.394 e. The van der Waals surface area contributed by atoms with E-state index in [1.165, 1.54) is 0 Å². The van der Waals surface area contributed by atoms with Crippen molar-refractivity contribution in [1.29, 1.82) is 0 Å². The zero-order valence-electron chi connectivity index (χ0n) is 17.8. The molecular weight excluding hydrogens is 429 g/mol. The number of rotatable bonds is 7. The highest BCUT2D eigenvalue weighted by molar-refractivity contribution is 6.30. The fourth-order valence-electron chi connectivity index (χ4n) is 5.20. The number of allylic oxidation sites excluding steroid dienone is 1. The first-order chi connectivity index (χ1) is 14.9. The van der Waals surface area contributed by atoms with Gasteiger partial charge in [-0.15, -0.1) is 6.58 Å². The van der Waals surface area contributed by atoms with Crippen LogP contribution in [0.1, 0.15) is 55.7 Å². The number of hydrogen-bond acceptors (Lipinski definition) is 2. The number of hydrogen-bond donors (Lipinski definition) is 1. The third kappa shape index (κ3) is 4.41. The summed E-state index contributed by atoms with van der Waals surface area (Å²) in [6, 6.07) is 15.3. The Kier molecular flexibility index (Phi) is 6.48. The van der Waals surface area contributed by atoms with Gasteiger partial charge in [0.15, 0.2) is 0 Å². The third-order valence-electron chi connectivity index (χ3n) is 6.90. The number of piperidine rings is 1. The minimum Gasteiger partial charge on any atom is -0.394 e. The Labute approximate surface area is 194 Å². The first-order valence-electron chi connectivity index (χ1n) is 10.9. The molecule has 4 atom stereocenters. The zero-order chi connectivity index (χ0) is 22.2. The van der Waals surface area contributed by atoms with Crippen molar-refractivity contribution in [3.63, 3.8) is 0 Å². The summed E-state index contributed by atoms with van der Waals surface area (Å²) in [7, 11) is 0. The fourth-order valence-corrected chi connectivity index (χ4v) is 5.52. The lowest BCUT2D eigenvalue weighted by Crippen LogP contribution is -2.57. The van der Waals surface area contributed by atoms with Crippen molar-refractivity contribution in [3.05, 3.63) is 82.4 Å². The molecule has 3 nitrogen and oxygen atoms in total. The Hall–Kier alpha value is -1.81. The maximum absolute atomic E-state index is 14.0. The van der Waals surface area contributed by atoms with E-state index in [9.17, 15) is 9.90 Å². The number of carbonyl (C=O) groups excluding carboxylic acids is 1. The van der Waals surface area contributed by atoms with Gasteiger partial charge in [-0.1, -0.05) is 60.5 Å². The maximum atomic E-state index is 14.0. The number of aliphatic hydroxyl groups is 1. The molecule has 0 bridgehead atoms. The second-order valence-corrected chi connectivity index (χ2v) is 10.1. The number of halogens is 2. The first kappa shape index (κ1) is 22.4. The Bertz CT molecular complexity index is 956. The molecule has 1 N–H and O–H groups in total. The number of benzene rings is 2. The zero-order valence-corrected chi connectivity index (χ0v) is 19.3. The van der Waals surface area contributed by atoms with E-state index < -0.39 is 5.41 Å². The molecule has 0 unspecified atom stereocenters. The average molecular weight is 458 g/mol. The molecule has 164 valence electrons. The van der Waals surface area contributed by atoms with Gasteiger partial charge in [0.25, 0.3) is 0 Å². The number of likely N-dealkylation sites (tertiary alicyclic amines) is 1. The molecule has 1 aliphatic carbocycles. The molecule has 0 radical (unpaired) electrons. The molecule has 2 aromatic rings. The second kappa shape index (κ2) is 8.97. The highest BCUT2D eigenvalue weighted by atomic mass is 35.5. The number of carbonyl (C=O) groups is 1. The van der Waals surface area contributed by atoms with E-state index in [0.29, 0.717) is 28.8 Å². The molecule has 31 heavy (non-hydrogen) atoms. The summed E-state index contributed by atoms with van der Waals surface area (Å²) in [5.74, 6) is 0.474. The van der Waals surface area contributed by atoms with Crippen molar-refractivity contribution in [3.8, 4) is 0 Å². The number of nitrogens with zero attached hydrogens (tertiary/aromatic N) is 1. The van der Waals surface area contributed by atoms with Crippen LogP contribution >= 0.6 is 23.2 Å². The molecule has 1 amide bonds. The number of aliphatic hydroxyl groups excluding tert-OH is 1. The fraction of sp³-hybridized carbons (Fsp3) is 0.423. The molecule has 0 aromatic heterocycles. The molecule has 2 fully saturated rings. The summed E-state index contributed by atoms with van der Waals surface area (Å²) < 4.78 is 0. The Morgan fingerprint density at radius 3 is 2.45 bits per heavy atom. The lowest BCUT2D eigenvalue weighted by Gasteiger charge is -2.52. The first-order valence-corrected chi connectivity index (χ1v) is 11.7. The maximum Gasteiger partial charge on any atom is 0.229 e. The molecule has 4 rings (SSSR count). The van der Waals surface area contributed by atoms with Gasteiger partial charge in [0, 0.05) is 16.0 Å². The summed E-state index contributed by atoms with van der Waals surface area (Å²) in [6.07, 6.45) is 5.20. The van der Waals surface area contributed by atoms with Gasteiger partial charge in [0.1, 0.15) is 0 Å². The monoisotopic (exact) mass is 457 g/mol. The molecule has 1 saturated heterocycles. The van der Waals surface area contributed by atoms with E-state index in [0.717, 1.165) is 24.0 Å². The molecule has 0 spiro atoms. The van der Waals surface area contributed by atoms with Crippen LogP contribution in [0.25, 0.3) is 0 Å². The van der Waals surface area contributed by atoms with Crippen molar-refractivity contribution in [2.45, 2.75) is 50.6 Å². The Morgan fingerprint density at radius 1 is 1.16 bits per heavy atom. The minimum absolute atomic E-state index is 0.0348. The van der Waals surface area contributed by atoms with E-state index in [1.54, 1.807) is 0 Å². The van der Waals surface area contributed by atoms with Gasteiger partial charge in [-0.25, -0.2) is 0 Å². The van der Waals surface area contributed by atoms with Crippen LogP contribution in [0.4, 0.5) is 0 Å². The molecule has 2 aromatic carbocycles. The lowest BCUT2D eigenvalue weighted by atomic mass is 9.67. The van der Waals surface area contributed by atoms with Crippen molar-refractivity contribution < 1.29 is 9.90 Å². The molecule has 1 saturated carbocycles. The van der Waals surface area contributed by atoms with E-state index >= 15 is 0 Å². The summed E-state index contributed by atoms with van der Waals surface area (Å²) in [6.45, 7) is 5.91. The lowest BCUT2D eigenvalue weighted by molar-refractivity contribution is -0.156. The van der Waals surface area contributed by atoms with Gasteiger partial charge in [-0.05, 0) is 67.0 Å². The standard InChI is InChI=1S/C26H29Cl2NO2/c1-3-13-26(2)15-22(19-5-4-6-21(28)14-19)24(18-9-11-20(27)12-10-18)29(25(26)31)23(16-30)17-7-8-17/h3-6,9-12,14,17,22-24,30H,1,7-8,13,15-16H2,2H3/t22-,23-,24-,26+/m1/s1. The van der Waals surface area contributed by atoms with Gasteiger partial charge in [-0.3, -0.25) is 4.79 Å². The summed E-state index contributed by atoms with van der Waals surface area (Å²) in [4.78, 5) is 16.0. The van der Waals surface area contributed by atoms with Crippen molar-refractivity contribution >= 4 is 29.1 Å². The predicted molar refractivity (Wildman–Crippen MR) is 126 cm³/mol. The summed E-state index contributed by atoms with van der Waals surface area (Å²) >= 11 is 12.5. The predicted octanol–water partition coefficient (Wildman–Crippen LogP) is 6.40. The second-order valence-electron chi connectivity index (χ2n) is 9.22. The van der Waals surface area contributed by atoms with Crippen LogP contribution in [0.3, 0.4) is 0 Å². The van der Waals surface area contributed by atoms with Crippen LogP contribution in [-0.2, 0) is 4.79 Å². The van der Waals surface area contributed by atoms with E-state index in [2.05, 4.69) is 12.6 Å². The van der Waals surface area contributed by atoms with Crippen LogP contribution in [-0.4, -0.2) is 28.6 Å². The van der Waals surface area contributed by atoms with Gasteiger partial charge in [-0.2, -0.15) is 0 Å². The van der Waals surface area contributed by atoms with Crippen molar-refractivity contribution in [2.75, 3.05) is 6.61 Å². The van der Waals surface area contributed by atoms with Gasteiger partial charge in [0.05, 0.1) is 24.1 Å². The Morgan fingerprint density at radius 2 is 1.87 bits per heavy atom. The van der Waals surface area contributed by atoms with E-state index in [4.69, 9.17) is 23.2 Å². The highest BCUT2D eigenvalue weighted by Crippen LogP contribution is 2.53. The summed E-state index contributed by atoms with van der Waals surface area (Å²) in [5.41, 5.74) is 1.55. The molecule has 1 heterocycles. The van der Waals surface area contributed by atoms with E-state index in [1.807, 2.05) is 60.4 Å². The van der Waals surface area contributed by atoms with Gasteiger partial charge < -0.3 is 10.0 Å². The van der Waals surface area contributed by atoms with Crippen molar-refractivity contribution in [2.24, 2.45) is 11.3 Å². The van der Waals surface area contributed by atoms with Crippen LogP contribution < -0.4 is 0 Å². The normalized spacial score (nSPS) is 27.2. The van der Waals surface area contributed by atoms with Gasteiger partial charge in [0.2, 0.25) is 5.91 Å². The highest BCUT2D eigenvalue weighted by Gasteiger charge is 2.53. The molecule has 5 heteroatoms. The Balaban J connectivity index is 1.89. The van der Waals surface area contributed by atoms with Crippen LogP contribution in [0.15, 0.2) is 61.2 Å². The molecule has 1 aliphatic heterocycles. The average Bonchev–Trinajstić information content (AvgIpc) is 3.58. The topological polar surface area (TPSA) is 40.5 Å². The number of amides is 1. The quantitative estimate of drug-likeness (QED) is 0.488. The smallest absolute Gasteiger partial charge is 0.229 e. The van der Waals surface area contributed by atoms with Crippen LogP contribution in [0.5, 0.6) is 0 Å². The van der Waals surface area contributed by atoms with Gasteiger partial charge >= 0.3 is 0 Å². The minimum atomic E-state index is -0.583. The SMILES string of the molecule is C=CC[C@@]1(C)C[C@H](c2cccc(Cl)c2)[C@@H](c2ccc(Cl)cc2)N([C@H](CO)C2CC2)C1=O.